The van der Waals surface area contributed by atoms with Gasteiger partial charge in [0.15, 0.2) is 0 Å². The quantitative estimate of drug-likeness (QED) is 0.570. The summed E-state index contributed by atoms with van der Waals surface area (Å²) in [6, 6.07) is 0. The zero-order valence-corrected chi connectivity index (χ0v) is 6.84. The summed E-state index contributed by atoms with van der Waals surface area (Å²) in [5.74, 6) is -0.278. The highest BCUT2D eigenvalue weighted by Gasteiger charge is 2.16. The van der Waals surface area contributed by atoms with E-state index in [-0.39, 0.29) is 11.8 Å². The number of nitrogens with one attached hydrogen (secondary N) is 1. The first-order valence-corrected chi connectivity index (χ1v) is 3.98. The molecule has 1 unspecified atom stereocenters. The van der Waals surface area contributed by atoms with Crippen molar-refractivity contribution in [2.24, 2.45) is 11.7 Å². The van der Waals surface area contributed by atoms with Gasteiger partial charge in [0.1, 0.15) is 0 Å². The zero-order valence-electron chi connectivity index (χ0n) is 6.84. The van der Waals surface area contributed by atoms with Crippen LogP contribution in [0, 0.1) is 5.92 Å². The number of nitrogens with two attached hydrogens (primary N) is 1. The van der Waals surface area contributed by atoms with Crippen LogP contribution < -0.4 is 11.2 Å². The molecule has 4 heteroatoms. The van der Waals surface area contributed by atoms with Gasteiger partial charge in [-0.25, -0.2) is 5.01 Å². The summed E-state index contributed by atoms with van der Waals surface area (Å²) < 4.78 is 0. The lowest BCUT2D eigenvalue weighted by atomic mass is 10.2. The standard InChI is InChI=1S/C7H15N3O/c1-6(7(8)11)5-10-4-2-3-9-10/h6,9H,2-5H2,1H3,(H2,8,11). The minimum absolute atomic E-state index is 0.0550. The molecular weight excluding hydrogens is 142 g/mol. The van der Waals surface area contributed by atoms with Crippen molar-refractivity contribution in [2.45, 2.75) is 13.3 Å². The molecule has 64 valence electrons. The molecule has 1 atom stereocenters. The van der Waals surface area contributed by atoms with Crippen LogP contribution in [0.1, 0.15) is 13.3 Å². The Morgan fingerprint density at radius 3 is 3.00 bits per heavy atom. The molecule has 0 bridgehead atoms. The lowest BCUT2D eigenvalue weighted by Gasteiger charge is -2.17. The Balaban J connectivity index is 2.23. The largest absolute Gasteiger partial charge is 0.369 e. The van der Waals surface area contributed by atoms with Crippen LogP contribution in [0.15, 0.2) is 0 Å². The summed E-state index contributed by atoms with van der Waals surface area (Å²) >= 11 is 0. The van der Waals surface area contributed by atoms with Gasteiger partial charge in [0.05, 0.1) is 0 Å². The van der Waals surface area contributed by atoms with Gasteiger partial charge in [-0.3, -0.25) is 10.2 Å². The fourth-order valence-electron chi connectivity index (χ4n) is 1.16. The van der Waals surface area contributed by atoms with Crippen LogP contribution in [0.25, 0.3) is 0 Å². The lowest BCUT2D eigenvalue weighted by molar-refractivity contribution is -0.122. The summed E-state index contributed by atoms with van der Waals surface area (Å²) in [7, 11) is 0. The summed E-state index contributed by atoms with van der Waals surface area (Å²) in [6.45, 7) is 4.63. The molecule has 1 heterocycles. The third-order valence-corrected chi connectivity index (χ3v) is 1.92. The minimum atomic E-state index is -0.223. The van der Waals surface area contributed by atoms with E-state index >= 15 is 0 Å². The van der Waals surface area contributed by atoms with Gasteiger partial charge in [-0.05, 0) is 6.42 Å². The van der Waals surface area contributed by atoms with E-state index in [1.165, 1.54) is 0 Å². The summed E-state index contributed by atoms with van der Waals surface area (Å²) in [6.07, 6.45) is 1.16. The summed E-state index contributed by atoms with van der Waals surface area (Å²) in [5, 5.41) is 2.05. The highest BCUT2D eigenvalue weighted by molar-refractivity contribution is 5.76. The van der Waals surface area contributed by atoms with Crippen molar-refractivity contribution in [3.05, 3.63) is 0 Å². The van der Waals surface area contributed by atoms with Crippen LogP contribution in [0.3, 0.4) is 0 Å². The van der Waals surface area contributed by atoms with E-state index < -0.39 is 0 Å². The van der Waals surface area contributed by atoms with Gasteiger partial charge in [0.2, 0.25) is 5.91 Å². The number of hydrogen-bond donors (Lipinski definition) is 2. The van der Waals surface area contributed by atoms with Crippen LogP contribution in [-0.4, -0.2) is 30.6 Å². The number of rotatable bonds is 3. The highest BCUT2D eigenvalue weighted by atomic mass is 16.1. The molecule has 1 saturated heterocycles. The van der Waals surface area contributed by atoms with Crippen molar-refractivity contribution in [2.75, 3.05) is 19.6 Å². The second-order valence-corrected chi connectivity index (χ2v) is 3.01. The molecule has 0 radical (unpaired) electrons. The van der Waals surface area contributed by atoms with E-state index in [4.69, 9.17) is 5.73 Å². The van der Waals surface area contributed by atoms with Crippen molar-refractivity contribution in [1.82, 2.24) is 10.4 Å². The van der Waals surface area contributed by atoms with Crippen LogP contribution in [0.2, 0.25) is 0 Å². The molecule has 1 fully saturated rings. The fraction of sp³-hybridized carbons (Fsp3) is 0.857. The van der Waals surface area contributed by atoms with E-state index in [0.29, 0.717) is 0 Å². The number of carbonyl (C=O) groups is 1. The Labute approximate surface area is 66.7 Å². The molecule has 11 heavy (non-hydrogen) atoms. The second kappa shape index (κ2) is 3.69. The maximum Gasteiger partial charge on any atom is 0.221 e. The predicted molar refractivity (Wildman–Crippen MR) is 42.6 cm³/mol. The van der Waals surface area contributed by atoms with Gasteiger partial charge in [-0.15, -0.1) is 0 Å². The monoisotopic (exact) mass is 157 g/mol. The second-order valence-electron chi connectivity index (χ2n) is 3.01. The lowest BCUT2D eigenvalue weighted by Crippen LogP contribution is -2.38. The third kappa shape index (κ3) is 2.48. The molecule has 4 nitrogen and oxygen atoms in total. The molecule has 1 rings (SSSR count). The van der Waals surface area contributed by atoms with Crippen LogP contribution in [-0.2, 0) is 4.79 Å². The van der Waals surface area contributed by atoms with Crippen LogP contribution in [0.5, 0.6) is 0 Å². The van der Waals surface area contributed by atoms with E-state index in [1.54, 1.807) is 0 Å². The molecule has 3 N–H and O–H groups in total. The number of nitrogens with zero attached hydrogens (tertiary/aromatic N) is 1. The summed E-state index contributed by atoms with van der Waals surface area (Å²) in [5.41, 5.74) is 8.29. The van der Waals surface area contributed by atoms with Gasteiger partial charge in [-0.2, -0.15) is 0 Å². The Hall–Kier alpha value is -0.610. The first-order valence-electron chi connectivity index (χ1n) is 3.98. The molecule has 1 aliphatic rings. The number of hydrazine groups is 1. The number of primary amides is 1. The van der Waals surface area contributed by atoms with Gasteiger partial charge >= 0.3 is 0 Å². The molecule has 0 aliphatic carbocycles. The van der Waals surface area contributed by atoms with Crippen LogP contribution in [0.4, 0.5) is 0 Å². The van der Waals surface area contributed by atoms with E-state index in [1.807, 2.05) is 6.92 Å². The molecule has 1 amide bonds. The Morgan fingerprint density at radius 1 is 1.82 bits per heavy atom. The van der Waals surface area contributed by atoms with Crippen molar-refractivity contribution >= 4 is 5.91 Å². The molecule has 0 aromatic rings. The van der Waals surface area contributed by atoms with Crippen molar-refractivity contribution in [3.8, 4) is 0 Å². The number of amides is 1. The Morgan fingerprint density at radius 2 is 2.55 bits per heavy atom. The third-order valence-electron chi connectivity index (χ3n) is 1.92. The molecular formula is C7H15N3O. The normalized spacial score (nSPS) is 21.9. The van der Waals surface area contributed by atoms with Crippen LogP contribution >= 0.6 is 0 Å². The number of carbonyl (C=O) groups excluding carboxylic acids is 1. The molecule has 0 aromatic carbocycles. The zero-order chi connectivity index (χ0) is 8.27. The average molecular weight is 157 g/mol. The molecule has 1 aliphatic heterocycles. The predicted octanol–water partition coefficient (Wildman–Crippen LogP) is -0.682. The van der Waals surface area contributed by atoms with E-state index in [0.717, 1.165) is 26.1 Å². The van der Waals surface area contributed by atoms with Gasteiger partial charge in [0, 0.05) is 25.6 Å². The Kier molecular flexibility index (Phi) is 2.84. The first kappa shape index (κ1) is 8.49. The van der Waals surface area contributed by atoms with E-state index in [2.05, 4.69) is 10.4 Å². The SMILES string of the molecule is CC(CN1CCCN1)C(N)=O. The average Bonchev–Trinajstić information content (AvgIpc) is 2.39. The van der Waals surface area contributed by atoms with Crippen molar-refractivity contribution < 1.29 is 4.79 Å². The maximum atomic E-state index is 10.7. The number of hydrogen-bond acceptors (Lipinski definition) is 3. The first-order chi connectivity index (χ1) is 5.20. The van der Waals surface area contributed by atoms with E-state index in [9.17, 15) is 4.79 Å². The van der Waals surface area contributed by atoms with Crippen molar-refractivity contribution in [1.29, 1.82) is 0 Å². The van der Waals surface area contributed by atoms with Gasteiger partial charge in [0.25, 0.3) is 0 Å². The van der Waals surface area contributed by atoms with Gasteiger partial charge in [-0.1, -0.05) is 6.92 Å². The smallest absolute Gasteiger partial charge is 0.221 e. The summed E-state index contributed by atoms with van der Waals surface area (Å²) in [4.78, 5) is 10.7. The minimum Gasteiger partial charge on any atom is -0.369 e. The molecule has 0 spiro atoms. The maximum absolute atomic E-state index is 10.7. The van der Waals surface area contributed by atoms with Gasteiger partial charge < -0.3 is 5.73 Å². The Bertz CT molecular complexity index is 143. The fourth-order valence-corrected chi connectivity index (χ4v) is 1.16. The molecule has 0 saturated carbocycles. The molecule has 0 aromatic heterocycles. The highest BCUT2D eigenvalue weighted by Crippen LogP contribution is 2.01. The van der Waals surface area contributed by atoms with Crippen molar-refractivity contribution in [3.63, 3.8) is 0 Å². The topological polar surface area (TPSA) is 58.4 Å².